The number of carbonyl (C=O) groups is 2. The highest BCUT2D eigenvalue weighted by molar-refractivity contribution is 6.37. The predicted octanol–water partition coefficient (Wildman–Crippen LogP) is 7.02. The minimum Gasteiger partial charge on any atom is -0.459 e. The molecule has 0 saturated carbocycles. The van der Waals surface area contributed by atoms with Gasteiger partial charge >= 0.3 is 5.97 Å². The van der Waals surface area contributed by atoms with Gasteiger partial charge in [0.15, 0.2) is 6.29 Å². The van der Waals surface area contributed by atoms with Gasteiger partial charge < -0.3 is 19.5 Å². The zero-order chi connectivity index (χ0) is 25.9. The number of benzene rings is 3. The summed E-state index contributed by atoms with van der Waals surface area (Å²) in [5.74, 6) is -1.22. The minimum absolute atomic E-state index is 0.0289. The monoisotopic (exact) mass is 587 g/mol. The fourth-order valence-corrected chi connectivity index (χ4v) is 4.59. The highest BCUT2D eigenvalue weighted by atomic mass is 35.5. The molecule has 3 aromatic rings. The summed E-state index contributed by atoms with van der Waals surface area (Å²) in [5, 5.41) is 4.49. The molecule has 188 valence electrons. The van der Waals surface area contributed by atoms with Crippen LogP contribution >= 0.6 is 58.0 Å². The summed E-state index contributed by atoms with van der Waals surface area (Å²) in [7, 11) is 0. The Morgan fingerprint density at radius 1 is 0.806 bits per heavy atom. The Hall–Kier alpha value is -2.03. The molecule has 4 rings (SSSR count). The van der Waals surface area contributed by atoms with Crippen molar-refractivity contribution < 1.29 is 23.8 Å². The molecule has 1 aliphatic rings. The van der Waals surface area contributed by atoms with Crippen LogP contribution in [0.4, 0.5) is 0 Å². The van der Waals surface area contributed by atoms with Gasteiger partial charge in [-0.15, -0.1) is 0 Å². The van der Waals surface area contributed by atoms with Crippen molar-refractivity contribution in [2.24, 2.45) is 0 Å². The Balaban J connectivity index is 1.53. The second-order valence-electron chi connectivity index (χ2n) is 8.06. The second-order valence-corrected chi connectivity index (χ2v) is 10.2. The second kappa shape index (κ2) is 11.6. The molecule has 1 saturated heterocycles. The van der Waals surface area contributed by atoms with Gasteiger partial charge in [0, 0.05) is 20.6 Å². The largest absolute Gasteiger partial charge is 0.459 e. The first-order valence-electron chi connectivity index (χ1n) is 10.5. The van der Waals surface area contributed by atoms with E-state index < -0.39 is 23.7 Å². The number of carbonyl (C=O) groups excluding carboxylic acids is 2. The Morgan fingerprint density at radius 3 is 1.89 bits per heavy atom. The van der Waals surface area contributed by atoms with E-state index in [0.29, 0.717) is 15.1 Å². The molecule has 11 heteroatoms. The van der Waals surface area contributed by atoms with Crippen molar-refractivity contribution in [1.29, 1.82) is 0 Å². The molecular formula is C25H18Cl5NO5. The van der Waals surface area contributed by atoms with Crippen LogP contribution in [0.2, 0.25) is 25.1 Å². The van der Waals surface area contributed by atoms with Gasteiger partial charge in [0.05, 0.1) is 34.4 Å². The van der Waals surface area contributed by atoms with E-state index in [0.717, 1.165) is 5.56 Å². The molecule has 0 atom stereocenters. The molecule has 0 aliphatic carbocycles. The fourth-order valence-electron chi connectivity index (χ4n) is 3.48. The Kier molecular flexibility index (Phi) is 8.68. The number of rotatable bonds is 6. The third-order valence-corrected chi connectivity index (χ3v) is 6.70. The lowest BCUT2D eigenvalue weighted by atomic mass is 10.0. The van der Waals surface area contributed by atoms with Crippen molar-refractivity contribution >= 4 is 69.9 Å². The fraction of sp³-hybridized carbons (Fsp3) is 0.200. The topological polar surface area (TPSA) is 73.9 Å². The summed E-state index contributed by atoms with van der Waals surface area (Å²) in [5.41, 5.74) is -0.172. The molecule has 1 amide bonds. The number of amides is 1. The van der Waals surface area contributed by atoms with Gasteiger partial charge in [0.1, 0.15) is 12.1 Å². The molecule has 0 radical (unpaired) electrons. The molecule has 0 aromatic heterocycles. The zero-order valence-electron chi connectivity index (χ0n) is 18.4. The van der Waals surface area contributed by atoms with E-state index in [1.165, 1.54) is 30.3 Å². The van der Waals surface area contributed by atoms with Crippen LogP contribution in [0, 0.1) is 0 Å². The molecule has 0 bridgehead atoms. The average molecular weight is 590 g/mol. The van der Waals surface area contributed by atoms with Crippen molar-refractivity contribution in [2.75, 3.05) is 19.8 Å². The van der Waals surface area contributed by atoms with E-state index >= 15 is 0 Å². The Bertz CT molecular complexity index is 1280. The molecule has 3 aromatic carbocycles. The molecule has 0 unspecified atom stereocenters. The Morgan fingerprint density at radius 2 is 1.33 bits per heavy atom. The molecule has 6 nitrogen and oxygen atoms in total. The van der Waals surface area contributed by atoms with E-state index in [4.69, 9.17) is 72.2 Å². The first kappa shape index (κ1) is 27.0. The molecule has 1 heterocycles. The minimum atomic E-state index is -1.22. The van der Waals surface area contributed by atoms with Gasteiger partial charge in [-0.25, -0.2) is 4.79 Å². The van der Waals surface area contributed by atoms with Crippen molar-refractivity contribution in [3.63, 3.8) is 0 Å². The molecular weight excluding hydrogens is 572 g/mol. The smallest absolute Gasteiger partial charge is 0.339 e. The first-order valence-corrected chi connectivity index (χ1v) is 12.4. The van der Waals surface area contributed by atoms with Crippen molar-refractivity contribution in [2.45, 2.75) is 11.8 Å². The predicted molar refractivity (Wildman–Crippen MR) is 140 cm³/mol. The number of esters is 1. The third-order valence-electron chi connectivity index (χ3n) is 5.35. The maximum Gasteiger partial charge on any atom is 0.339 e. The van der Waals surface area contributed by atoms with Crippen LogP contribution in [0.15, 0.2) is 60.7 Å². The van der Waals surface area contributed by atoms with Gasteiger partial charge in [-0.3, -0.25) is 4.79 Å². The summed E-state index contributed by atoms with van der Waals surface area (Å²) in [6.45, 7) is -0.327. The molecule has 1 aliphatic heterocycles. The van der Waals surface area contributed by atoms with E-state index in [2.05, 4.69) is 5.32 Å². The number of halogens is 5. The van der Waals surface area contributed by atoms with E-state index in [1.807, 2.05) is 0 Å². The summed E-state index contributed by atoms with van der Waals surface area (Å²) in [4.78, 5) is 25.8. The highest BCUT2D eigenvalue weighted by Crippen LogP contribution is 2.30. The van der Waals surface area contributed by atoms with Crippen LogP contribution in [0.5, 0.6) is 0 Å². The SMILES string of the molecule is O=C(NC1(COC(=O)c2ccc(Cl)cc2Cl)COC(c2ccc(Cl)cc2)OC1)c1ccc(Cl)cc1Cl. The van der Waals surface area contributed by atoms with E-state index in [1.54, 1.807) is 30.3 Å². The van der Waals surface area contributed by atoms with Crippen LogP contribution in [0.1, 0.15) is 32.6 Å². The number of ether oxygens (including phenoxy) is 3. The lowest BCUT2D eigenvalue weighted by Crippen LogP contribution is -2.61. The normalized spacial score (nSPS) is 19.5. The zero-order valence-corrected chi connectivity index (χ0v) is 22.2. The van der Waals surface area contributed by atoms with Crippen molar-refractivity contribution in [1.82, 2.24) is 5.32 Å². The molecule has 0 spiro atoms. The lowest BCUT2D eigenvalue weighted by Gasteiger charge is -2.40. The highest BCUT2D eigenvalue weighted by Gasteiger charge is 2.41. The summed E-state index contributed by atoms with van der Waals surface area (Å²) >= 11 is 30.2. The van der Waals surface area contributed by atoms with Gasteiger partial charge in [-0.2, -0.15) is 0 Å². The van der Waals surface area contributed by atoms with Crippen molar-refractivity contribution in [3.8, 4) is 0 Å². The molecule has 36 heavy (non-hydrogen) atoms. The average Bonchev–Trinajstić information content (AvgIpc) is 2.83. The maximum atomic E-state index is 13.1. The van der Waals surface area contributed by atoms with Gasteiger partial charge in [0.25, 0.3) is 5.91 Å². The van der Waals surface area contributed by atoms with Crippen molar-refractivity contribution in [3.05, 3.63) is 102 Å². The lowest BCUT2D eigenvalue weighted by molar-refractivity contribution is -0.221. The van der Waals surface area contributed by atoms with E-state index in [9.17, 15) is 9.59 Å². The third kappa shape index (κ3) is 6.45. The van der Waals surface area contributed by atoms with Crippen LogP contribution in [0.3, 0.4) is 0 Å². The van der Waals surface area contributed by atoms with Gasteiger partial charge in [-0.1, -0.05) is 70.1 Å². The quantitative estimate of drug-likeness (QED) is 0.313. The maximum absolute atomic E-state index is 13.1. The van der Waals surface area contributed by atoms with Crippen LogP contribution in [0.25, 0.3) is 0 Å². The summed E-state index contributed by atoms with van der Waals surface area (Å²) in [6, 6.07) is 15.9. The van der Waals surface area contributed by atoms with E-state index in [-0.39, 0.29) is 41.0 Å². The van der Waals surface area contributed by atoms with Gasteiger partial charge in [-0.05, 0) is 48.5 Å². The summed E-state index contributed by atoms with van der Waals surface area (Å²) in [6.07, 6.45) is -0.701. The Labute approximate surface area is 232 Å². The number of hydrogen-bond donors (Lipinski definition) is 1. The van der Waals surface area contributed by atoms with Gasteiger partial charge in [0.2, 0.25) is 0 Å². The van der Waals surface area contributed by atoms with Crippen LogP contribution in [-0.4, -0.2) is 37.2 Å². The number of nitrogens with one attached hydrogen (secondary N) is 1. The molecule has 1 N–H and O–H groups in total. The van der Waals surface area contributed by atoms with Crippen LogP contribution < -0.4 is 5.32 Å². The standard InChI is InChI=1S/C25H18Cl5NO5/c26-15-3-1-14(2-4-15)24-35-12-25(13-36-24,31-22(32)18-7-5-16(27)9-20(18)29)11-34-23(33)19-8-6-17(28)10-21(19)30/h1-10,24H,11-13H2,(H,31,32). The summed E-state index contributed by atoms with van der Waals surface area (Å²) < 4.78 is 17.4. The number of hydrogen-bond acceptors (Lipinski definition) is 5. The molecule has 1 fully saturated rings. The first-order chi connectivity index (χ1) is 17.2. The van der Waals surface area contributed by atoms with Crippen LogP contribution in [-0.2, 0) is 14.2 Å².